The third-order valence-corrected chi connectivity index (χ3v) is 4.21. The van der Waals surface area contributed by atoms with Crippen LogP contribution in [-0.2, 0) is 14.3 Å². The third-order valence-electron chi connectivity index (χ3n) is 3.09. The van der Waals surface area contributed by atoms with Crippen LogP contribution in [0.4, 0.5) is 5.69 Å². The molecule has 2 aromatic rings. The molecule has 6 heteroatoms. The highest BCUT2D eigenvalue weighted by Gasteiger charge is 2.17. The number of hydrogen-bond donors (Lipinski definition) is 1. The first-order valence-electron chi connectivity index (χ1n) is 7.43. The van der Waals surface area contributed by atoms with Gasteiger partial charge in [-0.1, -0.05) is 6.07 Å². The van der Waals surface area contributed by atoms with Crippen molar-refractivity contribution in [2.24, 2.45) is 0 Å². The maximum absolute atomic E-state index is 12.3. The Morgan fingerprint density at radius 2 is 2.00 bits per heavy atom. The normalized spacial score (nSPS) is 12.2. The van der Waals surface area contributed by atoms with Crippen LogP contribution in [0.2, 0.25) is 0 Å². The zero-order valence-corrected chi connectivity index (χ0v) is 14.2. The lowest BCUT2D eigenvalue weighted by Crippen LogP contribution is -2.24. The van der Waals surface area contributed by atoms with Gasteiger partial charge < -0.3 is 10.1 Å². The van der Waals surface area contributed by atoms with E-state index in [1.807, 2.05) is 30.3 Å². The molecule has 2 rings (SSSR count). The second kappa shape index (κ2) is 7.97. The van der Waals surface area contributed by atoms with E-state index in [2.05, 4.69) is 10.3 Å². The van der Waals surface area contributed by atoms with Crippen LogP contribution in [0.25, 0.3) is 10.9 Å². The topological polar surface area (TPSA) is 68.3 Å². The first-order chi connectivity index (χ1) is 11.0. The molecule has 1 N–H and O–H groups in total. The zero-order valence-electron chi connectivity index (χ0n) is 13.4. The molecule has 23 heavy (non-hydrogen) atoms. The average Bonchev–Trinajstić information content (AvgIpc) is 2.52. The highest BCUT2D eigenvalue weighted by molar-refractivity contribution is 8.01. The van der Waals surface area contributed by atoms with Crippen molar-refractivity contribution in [1.82, 2.24) is 4.98 Å². The van der Waals surface area contributed by atoms with Crippen molar-refractivity contribution in [3.05, 3.63) is 36.5 Å². The molecular weight excluding hydrogens is 312 g/mol. The van der Waals surface area contributed by atoms with E-state index in [4.69, 9.17) is 4.74 Å². The molecule has 0 aliphatic heterocycles. The molecule has 5 nitrogen and oxygen atoms in total. The minimum atomic E-state index is -0.360. The first-order valence-corrected chi connectivity index (χ1v) is 8.48. The van der Waals surface area contributed by atoms with Crippen molar-refractivity contribution < 1.29 is 14.3 Å². The summed E-state index contributed by atoms with van der Waals surface area (Å²) in [7, 11) is 0. The van der Waals surface area contributed by atoms with Gasteiger partial charge in [-0.15, -0.1) is 11.8 Å². The SMILES string of the molecule is CC(C)OC(=O)CS[C@H](C)C(=O)Nc1cccc2ncccc12. The quantitative estimate of drug-likeness (QED) is 0.823. The van der Waals surface area contributed by atoms with Crippen molar-refractivity contribution in [2.45, 2.75) is 32.1 Å². The molecule has 1 aromatic heterocycles. The van der Waals surface area contributed by atoms with Crippen LogP contribution in [0, 0.1) is 0 Å². The van der Waals surface area contributed by atoms with Crippen molar-refractivity contribution in [3.63, 3.8) is 0 Å². The molecule has 0 unspecified atom stereocenters. The summed E-state index contributed by atoms with van der Waals surface area (Å²) in [6.45, 7) is 5.37. The number of nitrogens with one attached hydrogen (secondary N) is 1. The second-order valence-electron chi connectivity index (χ2n) is 5.36. The number of rotatable bonds is 6. The summed E-state index contributed by atoms with van der Waals surface area (Å²) in [5.41, 5.74) is 1.55. The van der Waals surface area contributed by atoms with Gasteiger partial charge in [0.05, 0.1) is 28.3 Å². The predicted octanol–water partition coefficient (Wildman–Crippen LogP) is 3.25. The molecular formula is C17H20N2O3S. The minimum absolute atomic E-state index is 0.143. The predicted molar refractivity (Wildman–Crippen MR) is 93.5 cm³/mol. The lowest BCUT2D eigenvalue weighted by Gasteiger charge is -2.13. The summed E-state index contributed by atoms with van der Waals surface area (Å²) in [4.78, 5) is 28.1. The van der Waals surface area contributed by atoms with E-state index in [9.17, 15) is 9.59 Å². The molecule has 0 bridgehead atoms. The minimum Gasteiger partial charge on any atom is -0.462 e. The Morgan fingerprint density at radius 1 is 1.22 bits per heavy atom. The maximum atomic E-state index is 12.3. The van der Waals surface area contributed by atoms with Gasteiger partial charge in [-0.25, -0.2) is 0 Å². The lowest BCUT2D eigenvalue weighted by atomic mass is 10.2. The van der Waals surface area contributed by atoms with Gasteiger partial charge in [-0.05, 0) is 45.0 Å². The number of carbonyl (C=O) groups excluding carboxylic acids is 2. The number of ether oxygens (including phenoxy) is 1. The highest BCUT2D eigenvalue weighted by Crippen LogP contribution is 2.22. The highest BCUT2D eigenvalue weighted by atomic mass is 32.2. The monoisotopic (exact) mass is 332 g/mol. The fourth-order valence-electron chi connectivity index (χ4n) is 2.01. The molecule has 1 atom stereocenters. The first kappa shape index (κ1) is 17.3. The van der Waals surface area contributed by atoms with Crippen molar-refractivity contribution in [2.75, 3.05) is 11.1 Å². The van der Waals surface area contributed by atoms with Crippen LogP contribution >= 0.6 is 11.8 Å². The van der Waals surface area contributed by atoms with E-state index in [1.54, 1.807) is 27.0 Å². The van der Waals surface area contributed by atoms with Gasteiger partial charge in [-0.3, -0.25) is 14.6 Å². The van der Waals surface area contributed by atoms with Gasteiger partial charge >= 0.3 is 5.97 Å². The second-order valence-corrected chi connectivity index (χ2v) is 6.69. The van der Waals surface area contributed by atoms with Crippen molar-refractivity contribution in [3.8, 4) is 0 Å². The van der Waals surface area contributed by atoms with E-state index in [-0.39, 0.29) is 29.0 Å². The lowest BCUT2D eigenvalue weighted by molar-refractivity contribution is -0.144. The molecule has 0 radical (unpaired) electrons. The van der Waals surface area contributed by atoms with Crippen LogP contribution < -0.4 is 5.32 Å². The number of anilines is 1. The fourth-order valence-corrected chi connectivity index (χ4v) is 2.68. The van der Waals surface area contributed by atoms with Gasteiger partial charge in [0.25, 0.3) is 0 Å². The number of nitrogens with zero attached hydrogens (tertiary/aromatic N) is 1. The van der Waals surface area contributed by atoms with Gasteiger partial charge in [0, 0.05) is 11.6 Å². The Hall–Kier alpha value is -2.08. The molecule has 0 saturated heterocycles. The summed E-state index contributed by atoms with van der Waals surface area (Å²) in [6.07, 6.45) is 1.57. The smallest absolute Gasteiger partial charge is 0.316 e. The van der Waals surface area contributed by atoms with Crippen LogP contribution in [0.5, 0.6) is 0 Å². The molecule has 1 aromatic carbocycles. The molecule has 1 amide bonds. The van der Waals surface area contributed by atoms with E-state index in [0.29, 0.717) is 0 Å². The van der Waals surface area contributed by atoms with E-state index in [1.165, 1.54) is 11.8 Å². The van der Waals surface area contributed by atoms with Gasteiger partial charge in [0.15, 0.2) is 0 Å². The van der Waals surface area contributed by atoms with E-state index >= 15 is 0 Å². The molecule has 0 aliphatic rings. The average molecular weight is 332 g/mol. The number of hydrogen-bond acceptors (Lipinski definition) is 5. The van der Waals surface area contributed by atoms with Gasteiger partial charge in [0.2, 0.25) is 5.91 Å². The number of esters is 1. The Balaban J connectivity index is 1.96. The van der Waals surface area contributed by atoms with Gasteiger partial charge in [-0.2, -0.15) is 0 Å². The van der Waals surface area contributed by atoms with Crippen molar-refractivity contribution >= 4 is 40.2 Å². The molecule has 0 fully saturated rings. The van der Waals surface area contributed by atoms with Crippen LogP contribution in [-0.4, -0.2) is 34.0 Å². The number of carbonyl (C=O) groups is 2. The number of thioether (sulfide) groups is 1. The zero-order chi connectivity index (χ0) is 16.8. The van der Waals surface area contributed by atoms with E-state index in [0.717, 1.165) is 16.6 Å². The third kappa shape index (κ3) is 4.96. The number of benzene rings is 1. The molecule has 0 spiro atoms. The molecule has 0 aliphatic carbocycles. The van der Waals surface area contributed by atoms with Gasteiger partial charge in [0.1, 0.15) is 0 Å². The Bertz CT molecular complexity index is 698. The maximum Gasteiger partial charge on any atom is 0.316 e. The summed E-state index contributed by atoms with van der Waals surface area (Å²) in [6, 6.07) is 9.33. The number of amides is 1. The standard InChI is InChI=1S/C17H20N2O3S/c1-11(2)22-16(20)10-23-12(3)17(21)19-15-8-4-7-14-13(15)6-5-9-18-14/h4-9,11-12H,10H2,1-3H3,(H,19,21)/t12-/m1/s1. The van der Waals surface area contributed by atoms with Crippen LogP contribution in [0.3, 0.4) is 0 Å². The molecule has 1 heterocycles. The summed E-state index contributed by atoms with van der Waals surface area (Å²) in [5.74, 6) is -0.299. The number of aromatic nitrogens is 1. The Labute approximate surface area is 139 Å². The van der Waals surface area contributed by atoms with Crippen LogP contribution in [0.15, 0.2) is 36.5 Å². The largest absolute Gasteiger partial charge is 0.462 e. The Morgan fingerprint density at radius 3 is 2.74 bits per heavy atom. The van der Waals surface area contributed by atoms with E-state index < -0.39 is 0 Å². The summed E-state index contributed by atoms with van der Waals surface area (Å²) in [5, 5.41) is 3.43. The fraction of sp³-hybridized carbons (Fsp3) is 0.353. The Kier molecular flexibility index (Phi) is 5.98. The van der Waals surface area contributed by atoms with Crippen molar-refractivity contribution in [1.29, 1.82) is 0 Å². The number of fused-ring (bicyclic) bond motifs is 1. The molecule has 122 valence electrons. The molecule has 0 saturated carbocycles. The number of pyridine rings is 1. The van der Waals surface area contributed by atoms with Crippen LogP contribution in [0.1, 0.15) is 20.8 Å². The summed E-state index contributed by atoms with van der Waals surface area (Å²) >= 11 is 1.26. The summed E-state index contributed by atoms with van der Waals surface area (Å²) < 4.78 is 5.06.